The molecule has 1 aromatic carbocycles. The van der Waals surface area contributed by atoms with Crippen molar-refractivity contribution < 1.29 is 14.7 Å². The van der Waals surface area contributed by atoms with E-state index in [-0.39, 0.29) is 12.5 Å². The molecule has 2 atom stereocenters. The summed E-state index contributed by atoms with van der Waals surface area (Å²) in [6.45, 7) is 2.69. The van der Waals surface area contributed by atoms with Crippen LogP contribution in [0.15, 0.2) is 29.3 Å². The Morgan fingerprint density at radius 3 is 2.88 bits per heavy atom. The molecule has 2 heterocycles. The van der Waals surface area contributed by atoms with Crippen LogP contribution in [0.4, 0.5) is 4.79 Å². The fourth-order valence-electron chi connectivity index (χ4n) is 3.02. The van der Waals surface area contributed by atoms with Crippen molar-refractivity contribution in [2.24, 2.45) is 4.99 Å². The first-order chi connectivity index (χ1) is 12.0. The minimum atomic E-state index is -0.528. The molecule has 2 N–H and O–H groups in total. The molecule has 0 aromatic heterocycles. The fraction of sp³-hybridized carbons (Fsp3) is 0.471. The summed E-state index contributed by atoms with van der Waals surface area (Å²) in [5.41, 5.74) is 2.24. The smallest absolute Gasteiger partial charge is 0.325 e. The molecule has 1 aromatic rings. The Morgan fingerprint density at radius 2 is 2.16 bits per heavy atom. The lowest BCUT2D eigenvalue weighted by Crippen LogP contribution is -2.63. The predicted octanol–water partition coefficient (Wildman–Crippen LogP) is 1.16. The number of aliphatic imine (C=N–C) groups is 1. The summed E-state index contributed by atoms with van der Waals surface area (Å²) in [5.74, 6) is 0.389. The number of imide groups is 1. The maximum absolute atomic E-state index is 12.5. The zero-order chi connectivity index (χ0) is 18.0. The van der Waals surface area contributed by atoms with Crippen LogP contribution in [0.3, 0.4) is 0 Å². The number of likely N-dealkylation sites (N-methyl/N-ethyl adjacent to an activating group) is 1. The molecule has 2 aliphatic rings. The van der Waals surface area contributed by atoms with Gasteiger partial charge in [0.15, 0.2) is 17.4 Å². The normalized spacial score (nSPS) is 22.8. The Morgan fingerprint density at radius 1 is 1.36 bits per heavy atom. The summed E-state index contributed by atoms with van der Waals surface area (Å²) < 4.78 is 0. The second-order valence-corrected chi connectivity index (χ2v) is 7.28. The van der Waals surface area contributed by atoms with E-state index in [2.05, 4.69) is 16.4 Å². The molecule has 8 heteroatoms. The lowest BCUT2D eigenvalue weighted by Gasteiger charge is -2.36. The number of aryl methyl sites for hydroxylation is 1. The molecular formula is C17H22N4O3S. The highest BCUT2D eigenvalue weighted by atomic mass is 32.2. The Labute approximate surface area is 151 Å². The molecule has 134 valence electrons. The quantitative estimate of drug-likeness (QED) is 0.768. The predicted molar refractivity (Wildman–Crippen MR) is 97.2 cm³/mol. The topological polar surface area (TPSA) is 85.2 Å². The van der Waals surface area contributed by atoms with Crippen molar-refractivity contribution in [3.05, 3.63) is 35.4 Å². The number of amides is 3. The first kappa shape index (κ1) is 17.8. The number of carbonyl (C=O) groups is 2. The summed E-state index contributed by atoms with van der Waals surface area (Å²) in [6, 6.07) is 7.17. The maximum atomic E-state index is 12.5. The highest BCUT2D eigenvalue weighted by Gasteiger charge is 2.48. The molecule has 0 aliphatic carbocycles. The maximum Gasteiger partial charge on any atom is 0.325 e. The minimum Gasteiger partial charge on any atom is -0.396 e. The molecule has 2 unspecified atom stereocenters. The third kappa shape index (κ3) is 3.64. The van der Waals surface area contributed by atoms with Gasteiger partial charge in [0.05, 0.1) is 0 Å². The van der Waals surface area contributed by atoms with Gasteiger partial charge in [-0.05, 0) is 18.9 Å². The second kappa shape index (κ2) is 7.45. The highest BCUT2D eigenvalue weighted by Crippen LogP contribution is 2.30. The molecule has 25 heavy (non-hydrogen) atoms. The molecule has 3 rings (SSSR count). The SMILES string of the molecule is Cc1cccc(CN2C(SCCCO)=NC3C2C(=O)NC(=O)N3C)c1. The number of nitrogens with one attached hydrogen (secondary N) is 1. The third-order valence-electron chi connectivity index (χ3n) is 4.29. The van der Waals surface area contributed by atoms with Crippen LogP contribution in [0.5, 0.6) is 0 Å². The molecule has 7 nitrogen and oxygen atoms in total. The van der Waals surface area contributed by atoms with E-state index in [4.69, 9.17) is 5.11 Å². The second-order valence-electron chi connectivity index (χ2n) is 6.22. The summed E-state index contributed by atoms with van der Waals surface area (Å²) in [4.78, 5) is 32.4. The Bertz CT molecular complexity index is 709. The first-order valence-electron chi connectivity index (χ1n) is 8.22. The van der Waals surface area contributed by atoms with Crippen LogP contribution in [0, 0.1) is 6.92 Å². The van der Waals surface area contributed by atoms with Gasteiger partial charge < -0.3 is 14.9 Å². The van der Waals surface area contributed by atoms with Crippen LogP contribution in [0.2, 0.25) is 0 Å². The van der Waals surface area contributed by atoms with Crippen molar-refractivity contribution in [3.63, 3.8) is 0 Å². The molecule has 0 radical (unpaired) electrons. The number of benzene rings is 1. The summed E-state index contributed by atoms with van der Waals surface area (Å²) in [5, 5.41) is 12.2. The van der Waals surface area contributed by atoms with E-state index < -0.39 is 18.2 Å². The summed E-state index contributed by atoms with van der Waals surface area (Å²) in [7, 11) is 1.65. The molecule has 1 fully saturated rings. The van der Waals surface area contributed by atoms with Crippen LogP contribution in [-0.4, -0.2) is 63.6 Å². The van der Waals surface area contributed by atoms with E-state index >= 15 is 0 Å². The number of aliphatic hydroxyl groups is 1. The molecule has 0 bridgehead atoms. The average molecular weight is 362 g/mol. The number of nitrogens with zero attached hydrogens (tertiary/aromatic N) is 3. The number of amidine groups is 1. The van der Waals surface area contributed by atoms with Crippen LogP contribution in [0.1, 0.15) is 17.5 Å². The fourth-order valence-corrected chi connectivity index (χ4v) is 4.00. The number of hydrogen-bond acceptors (Lipinski definition) is 6. The molecular weight excluding hydrogens is 340 g/mol. The number of thioether (sulfide) groups is 1. The van der Waals surface area contributed by atoms with E-state index in [1.807, 2.05) is 30.0 Å². The zero-order valence-corrected chi connectivity index (χ0v) is 15.1. The van der Waals surface area contributed by atoms with Gasteiger partial charge in [-0.3, -0.25) is 10.1 Å². The van der Waals surface area contributed by atoms with Gasteiger partial charge in [0.2, 0.25) is 0 Å². The van der Waals surface area contributed by atoms with E-state index in [1.165, 1.54) is 16.7 Å². The number of hydrogen-bond donors (Lipinski definition) is 2. The van der Waals surface area contributed by atoms with Crippen LogP contribution < -0.4 is 5.32 Å². The van der Waals surface area contributed by atoms with Crippen molar-refractivity contribution in [2.75, 3.05) is 19.4 Å². The van der Waals surface area contributed by atoms with Gasteiger partial charge in [-0.1, -0.05) is 41.6 Å². The number of urea groups is 1. The van der Waals surface area contributed by atoms with E-state index in [1.54, 1.807) is 7.05 Å². The van der Waals surface area contributed by atoms with Gasteiger partial charge in [0.1, 0.15) is 0 Å². The van der Waals surface area contributed by atoms with E-state index in [0.717, 1.165) is 16.3 Å². The van der Waals surface area contributed by atoms with Crippen molar-refractivity contribution in [3.8, 4) is 0 Å². The molecule has 2 aliphatic heterocycles. The van der Waals surface area contributed by atoms with Gasteiger partial charge in [0.25, 0.3) is 5.91 Å². The van der Waals surface area contributed by atoms with E-state index in [9.17, 15) is 9.59 Å². The summed E-state index contributed by atoms with van der Waals surface area (Å²) in [6.07, 6.45) is 0.140. The van der Waals surface area contributed by atoms with Gasteiger partial charge in [-0.25, -0.2) is 9.79 Å². The third-order valence-corrected chi connectivity index (χ3v) is 5.38. The monoisotopic (exact) mass is 362 g/mol. The first-order valence-corrected chi connectivity index (χ1v) is 9.21. The zero-order valence-electron chi connectivity index (χ0n) is 14.3. The van der Waals surface area contributed by atoms with E-state index in [0.29, 0.717) is 18.7 Å². The van der Waals surface area contributed by atoms with Gasteiger partial charge in [-0.2, -0.15) is 0 Å². The van der Waals surface area contributed by atoms with Crippen molar-refractivity contribution in [1.82, 2.24) is 15.1 Å². The minimum absolute atomic E-state index is 0.115. The average Bonchev–Trinajstić information content (AvgIpc) is 2.92. The van der Waals surface area contributed by atoms with Crippen molar-refractivity contribution in [2.45, 2.75) is 32.1 Å². The Hall–Kier alpha value is -2.06. The van der Waals surface area contributed by atoms with Crippen LogP contribution in [0.25, 0.3) is 0 Å². The van der Waals surface area contributed by atoms with Crippen molar-refractivity contribution >= 4 is 28.9 Å². The highest BCUT2D eigenvalue weighted by molar-refractivity contribution is 8.13. The number of rotatable bonds is 5. The van der Waals surface area contributed by atoms with Crippen LogP contribution in [-0.2, 0) is 11.3 Å². The van der Waals surface area contributed by atoms with Crippen molar-refractivity contribution in [1.29, 1.82) is 0 Å². The van der Waals surface area contributed by atoms with Gasteiger partial charge >= 0.3 is 6.03 Å². The molecule has 3 amide bonds. The van der Waals surface area contributed by atoms with Gasteiger partial charge in [0, 0.05) is 26.0 Å². The van der Waals surface area contributed by atoms with Crippen LogP contribution >= 0.6 is 11.8 Å². The van der Waals surface area contributed by atoms with Gasteiger partial charge in [-0.15, -0.1) is 0 Å². The molecule has 0 spiro atoms. The standard InChI is InChI=1S/C17H22N4O3S/c1-11-5-3-6-12(9-11)10-21-13-14(18-17(21)25-8-4-7-22)20(2)16(24)19-15(13)23/h3,5-6,9,13-14,22H,4,7-8,10H2,1-2H3,(H,19,23,24). The number of carbonyl (C=O) groups excluding carboxylic acids is 2. The largest absolute Gasteiger partial charge is 0.396 e. The number of fused-ring (bicyclic) bond motifs is 1. The lowest BCUT2D eigenvalue weighted by atomic mass is 10.1. The summed E-state index contributed by atoms with van der Waals surface area (Å²) >= 11 is 1.51. The molecule has 0 saturated carbocycles. The Kier molecular flexibility index (Phi) is 5.29. The lowest BCUT2D eigenvalue weighted by molar-refractivity contribution is -0.127. The Balaban J connectivity index is 1.87. The molecule has 1 saturated heterocycles. The number of aliphatic hydroxyl groups excluding tert-OH is 1.